The normalized spacial score (nSPS) is 10.9. The van der Waals surface area contributed by atoms with Crippen molar-refractivity contribution in [3.8, 4) is 11.4 Å². The average Bonchev–Trinajstić information content (AvgIpc) is 3.05. The molecule has 0 fully saturated rings. The van der Waals surface area contributed by atoms with E-state index < -0.39 is 0 Å². The van der Waals surface area contributed by atoms with E-state index in [1.807, 2.05) is 65.2 Å². The van der Waals surface area contributed by atoms with Gasteiger partial charge in [-0.1, -0.05) is 65.7 Å². The number of aromatic nitrogens is 2. The Morgan fingerprint density at radius 2 is 1.71 bits per heavy atom. The minimum atomic E-state index is -0.0988. The fourth-order valence-electron chi connectivity index (χ4n) is 3.11. The largest absolute Gasteiger partial charge is 0.350 e. The van der Waals surface area contributed by atoms with Gasteiger partial charge in [0.1, 0.15) is 12.4 Å². The number of benzene rings is 3. The molecule has 0 spiro atoms. The minimum Gasteiger partial charge on any atom is -0.350 e. The summed E-state index contributed by atoms with van der Waals surface area (Å²) >= 11 is 12.4. The summed E-state index contributed by atoms with van der Waals surface area (Å²) in [5.41, 5.74) is 3.46. The SMILES string of the molecule is O=C(Cn1c(-c2ccc(Cl)cc2Cl)nc2ccccc21)NCc1ccccc1. The lowest BCUT2D eigenvalue weighted by molar-refractivity contribution is -0.121. The van der Waals surface area contributed by atoms with Gasteiger partial charge < -0.3 is 9.88 Å². The molecule has 0 aliphatic heterocycles. The molecule has 4 aromatic rings. The number of para-hydroxylation sites is 2. The Balaban J connectivity index is 1.66. The Morgan fingerprint density at radius 3 is 2.50 bits per heavy atom. The Morgan fingerprint density at radius 1 is 0.964 bits per heavy atom. The molecule has 1 N–H and O–H groups in total. The number of carbonyl (C=O) groups excluding carboxylic acids is 1. The third-order valence-electron chi connectivity index (χ3n) is 4.46. The molecule has 0 aliphatic rings. The monoisotopic (exact) mass is 409 g/mol. The van der Waals surface area contributed by atoms with E-state index in [1.165, 1.54) is 0 Å². The number of fused-ring (bicyclic) bond motifs is 1. The molecule has 140 valence electrons. The molecule has 3 aromatic carbocycles. The van der Waals surface area contributed by atoms with Crippen LogP contribution in [0.5, 0.6) is 0 Å². The number of imidazole rings is 1. The van der Waals surface area contributed by atoms with Crippen molar-refractivity contribution >= 4 is 40.1 Å². The second-order valence-corrected chi connectivity index (χ2v) is 7.24. The van der Waals surface area contributed by atoms with Crippen molar-refractivity contribution in [3.63, 3.8) is 0 Å². The van der Waals surface area contributed by atoms with E-state index in [-0.39, 0.29) is 12.5 Å². The van der Waals surface area contributed by atoms with Crippen LogP contribution < -0.4 is 5.32 Å². The number of carbonyl (C=O) groups is 1. The molecular weight excluding hydrogens is 393 g/mol. The van der Waals surface area contributed by atoms with Crippen molar-refractivity contribution < 1.29 is 4.79 Å². The smallest absolute Gasteiger partial charge is 0.240 e. The van der Waals surface area contributed by atoms with Crippen LogP contribution in [0.25, 0.3) is 22.4 Å². The summed E-state index contributed by atoms with van der Waals surface area (Å²) in [4.78, 5) is 17.3. The molecule has 1 heterocycles. The van der Waals surface area contributed by atoms with Crippen LogP contribution >= 0.6 is 23.2 Å². The quantitative estimate of drug-likeness (QED) is 0.484. The van der Waals surface area contributed by atoms with Crippen LogP contribution in [0.2, 0.25) is 10.0 Å². The minimum absolute atomic E-state index is 0.0988. The zero-order valence-electron chi connectivity index (χ0n) is 14.9. The number of amides is 1. The molecule has 28 heavy (non-hydrogen) atoms. The number of nitrogens with one attached hydrogen (secondary N) is 1. The first kappa shape index (κ1) is 18.5. The predicted octanol–water partition coefficient (Wildman–Crippen LogP) is 5.33. The number of hydrogen-bond acceptors (Lipinski definition) is 2. The highest BCUT2D eigenvalue weighted by Gasteiger charge is 2.17. The van der Waals surface area contributed by atoms with E-state index in [2.05, 4.69) is 5.32 Å². The van der Waals surface area contributed by atoms with E-state index >= 15 is 0 Å². The van der Waals surface area contributed by atoms with Gasteiger partial charge in [-0.2, -0.15) is 0 Å². The van der Waals surface area contributed by atoms with Gasteiger partial charge in [-0.25, -0.2) is 4.98 Å². The second-order valence-electron chi connectivity index (χ2n) is 6.40. The zero-order chi connectivity index (χ0) is 19.5. The highest BCUT2D eigenvalue weighted by Crippen LogP contribution is 2.32. The average molecular weight is 410 g/mol. The van der Waals surface area contributed by atoms with E-state index in [0.717, 1.165) is 22.2 Å². The molecule has 0 saturated heterocycles. The van der Waals surface area contributed by atoms with Gasteiger partial charge in [0.15, 0.2) is 0 Å². The molecule has 6 heteroatoms. The molecule has 0 atom stereocenters. The van der Waals surface area contributed by atoms with Gasteiger partial charge in [0.2, 0.25) is 5.91 Å². The van der Waals surface area contributed by atoms with E-state index in [0.29, 0.717) is 22.4 Å². The molecule has 4 nitrogen and oxygen atoms in total. The van der Waals surface area contributed by atoms with Crippen LogP contribution in [0.4, 0.5) is 0 Å². The fraction of sp³-hybridized carbons (Fsp3) is 0.0909. The lowest BCUT2D eigenvalue weighted by Gasteiger charge is -2.11. The maximum Gasteiger partial charge on any atom is 0.240 e. The first-order valence-electron chi connectivity index (χ1n) is 8.83. The van der Waals surface area contributed by atoms with Crippen molar-refractivity contribution in [3.05, 3.63) is 88.4 Å². The van der Waals surface area contributed by atoms with E-state index in [9.17, 15) is 4.79 Å². The lowest BCUT2D eigenvalue weighted by Crippen LogP contribution is -2.27. The highest BCUT2D eigenvalue weighted by atomic mass is 35.5. The Kier molecular flexibility index (Phi) is 5.33. The summed E-state index contributed by atoms with van der Waals surface area (Å²) in [6, 6.07) is 22.8. The van der Waals surface area contributed by atoms with Gasteiger partial charge in [-0.15, -0.1) is 0 Å². The molecule has 1 aromatic heterocycles. The maximum atomic E-state index is 12.6. The second kappa shape index (κ2) is 8.05. The first-order chi connectivity index (χ1) is 13.6. The maximum absolute atomic E-state index is 12.6. The van der Waals surface area contributed by atoms with Gasteiger partial charge >= 0.3 is 0 Å². The fourth-order valence-corrected chi connectivity index (χ4v) is 3.60. The summed E-state index contributed by atoms with van der Waals surface area (Å²) in [6.07, 6.45) is 0. The summed E-state index contributed by atoms with van der Waals surface area (Å²) in [5, 5.41) is 4.01. The Labute approximate surface area is 172 Å². The van der Waals surface area contributed by atoms with Gasteiger partial charge in [0.25, 0.3) is 0 Å². The topological polar surface area (TPSA) is 46.9 Å². The van der Waals surface area contributed by atoms with Crippen molar-refractivity contribution in [1.82, 2.24) is 14.9 Å². The number of halogens is 2. The molecule has 0 unspecified atom stereocenters. The van der Waals surface area contributed by atoms with Crippen molar-refractivity contribution in [2.24, 2.45) is 0 Å². The van der Waals surface area contributed by atoms with Crippen LogP contribution in [0, 0.1) is 0 Å². The molecule has 0 saturated carbocycles. The van der Waals surface area contributed by atoms with Crippen LogP contribution in [0.1, 0.15) is 5.56 Å². The number of rotatable bonds is 5. The van der Waals surface area contributed by atoms with Crippen LogP contribution in [-0.4, -0.2) is 15.5 Å². The molecule has 0 radical (unpaired) electrons. The van der Waals surface area contributed by atoms with E-state index in [1.54, 1.807) is 12.1 Å². The van der Waals surface area contributed by atoms with Crippen molar-refractivity contribution in [2.75, 3.05) is 0 Å². The summed E-state index contributed by atoms with van der Waals surface area (Å²) < 4.78 is 1.88. The third-order valence-corrected chi connectivity index (χ3v) is 5.01. The van der Waals surface area contributed by atoms with Crippen molar-refractivity contribution in [1.29, 1.82) is 0 Å². The molecule has 0 bridgehead atoms. The summed E-state index contributed by atoms with van der Waals surface area (Å²) in [5.74, 6) is 0.538. The van der Waals surface area contributed by atoms with Crippen molar-refractivity contribution in [2.45, 2.75) is 13.1 Å². The van der Waals surface area contributed by atoms with E-state index in [4.69, 9.17) is 28.2 Å². The zero-order valence-corrected chi connectivity index (χ0v) is 16.4. The molecule has 4 rings (SSSR count). The van der Waals surface area contributed by atoms with Gasteiger partial charge in [-0.05, 0) is 35.9 Å². The summed E-state index contributed by atoms with van der Waals surface area (Å²) in [7, 11) is 0. The standard InChI is InChI=1S/C22H17Cl2N3O/c23-16-10-11-17(18(24)12-16)22-26-19-8-4-5-9-20(19)27(22)14-21(28)25-13-15-6-2-1-3-7-15/h1-12H,13-14H2,(H,25,28). The first-order valence-corrected chi connectivity index (χ1v) is 9.59. The van der Waals surface area contributed by atoms with Gasteiger partial charge in [-0.3, -0.25) is 4.79 Å². The number of nitrogens with zero attached hydrogens (tertiary/aromatic N) is 2. The Hall–Kier alpha value is -2.82. The van der Waals surface area contributed by atoms with Crippen LogP contribution in [-0.2, 0) is 17.9 Å². The lowest BCUT2D eigenvalue weighted by atomic mass is 10.2. The molecule has 1 amide bonds. The van der Waals surface area contributed by atoms with Crippen LogP contribution in [0.15, 0.2) is 72.8 Å². The van der Waals surface area contributed by atoms with Crippen LogP contribution in [0.3, 0.4) is 0 Å². The Bertz CT molecular complexity index is 1140. The highest BCUT2D eigenvalue weighted by molar-refractivity contribution is 6.36. The summed E-state index contributed by atoms with van der Waals surface area (Å²) in [6.45, 7) is 0.616. The van der Waals surface area contributed by atoms with Gasteiger partial charge in [0, 0.05) is 17.1 Å². The number of hydrogen-bond donors (Lipinski definition) is 1. The predicted molar refractivity (Wildman–Crippen MR) is 113 cm³/mol. The third kappa shape index (κ3) is 3.88. The molecular formula is C22H17Cl2N3O. The van der Waals surface area contributed by atoms with Gasteiger partial charge in [0.05, 0.1) is 16.1 Å². The molecule has 0 aliphatic carbocycles.